The summed E-state index contributed by atoms with van der Waals surface area (Å²) >= 11 is 0. The van der Waals surface area contributed by atoms with Crippen LogP contribution in [-0.2, 0) is 30.9 Å². The summed E-state index contributed by atoms with van der Waals surface area (Å²) in [6.45, 7) is 12.4. The molecule has 1 heterocycles. The summed E-state index contributed by atoms with van der Waals surface area (Å²) in [6, 6.07) is 4.88. The van der Waals surface area contributed by atoms with Gasteiger partial charge in [-0.3, -0.25) is 4.79 Å². The molecule has 0 aliphatic carbocycles. The third-order valence-corrected chi connectivity index (χ3v) is 8.38. The first-order chi connectivity index (χ1) is 17.7. The first kappa shape index (κ1) is 34.8. The number of rotatable bonds is 6. The average Bonchev–Trinajstić information content (AvgIpc) is 2.93. The summed E-state index contributed by atoms with van der Waals surface area (Å²) in [4.78, 5) is 13.5. The minimum Gasteiger partial charge on any atom is -0.491 e. The first-order valence-corrected chi connectivity index (χ1v) is 13.8. The van der Waals surface area contributed by atoms with Gasteiger partial charge in [0.15, 0.2) is 0 Å². The highest BCUT2D eigenvalue weighted by Crippen LogP contribution is 2.38. The van der Waals surface area contributed by atoms with Crippen LogP contribution >= 0.6 is 12.4 Å². The predicted molar refractivity (Wildman–Crippen MR) is 151 cm³/mol. The Morgan fingerprint density at radius 2 is 1.77 bits per heavy atom. The lowest BCUT2D eigenvalue weighted by atomic mass is 9.87. The number of hydrogen-bond donors (Lipinski definition) is 1. The van der Waals surface area contributed by atoms with Gasteiger partial charge in [0.05, 0.1) is 6.61 Å². The number of benzene rings is 2. The number of ether oxygens (including phenoxy) is 3. The molecule has 220 valence electrons. The van der Waals surface area contributed by atoms with E-state index in [1.165, 1.54) is 19.2 Å². The number of carbonyl (C=O) groups is 1. The van der Waals surface area contributed by atoms with Crippen LogP contribution in [0.5, 0.6) is 5.75 Å². The fraction of sp³-hybridized carbons (Fsp3) is 0.536. The molecule has 39 heavy (non-hydrogen) atoms. The molecular weight excluding hydrogens is 549 g/mol. The van der Waals surface area contributed by atoms with Crippen LogP contribution in [0.2, 0.25) is 0 Å². The van der Waals surface area contributed by atoms with Gasteiger partial charge in [0.2, 0.25) is 10.0 Å². The van der Waals surface area contributed by atoms with Crippen LogP contribution in [0.1, 0.15) is 61.4 Å². The summed E-state index contributed by atoms with van der Waals surface area (Å²) in [5.74, 6) is -1.86. The van der Waals surface area contributed by atoms with Crippen molar-refractivity contribution < 1.29 is 36.9 Å². The van der Waals surface area contributed by atoms with Crippen LogP contribution in [0.4, 0.5) is 4.39 Å². The predicted octanol–water partition coefficient (Wildman–Crippen LogP) is 4.82. The number of sulfonamides is 1. The molecule has 8 nitrogen and oxygen atoms in total. The van der Waals surface area contributed by atoms with Crippen molar-refractivity contribution in [1.82, 2.24) is 4.31 Å². The summed E-state index contributed by atoms with van der Waals surface area (Å²) in [5, 5.41) is 7.00. The Balaban J connectivity index is 0.00000248. The lowest BCUT2D eigenvalue weighted by Gasteiger charge is -2.35. The number of esters is 1. The highest BCUT2D eigenvalue weighted by Gasteiger charge is 2.45. The normalized spacial score (nSPS) is 16.3. The van der Waals surface area contributed by atoms with Gasteiger partial charge in [0.1, 0.15) is 34.7 Å². The number of nitrogens with zero attached hydrogens (tertiary/aromatic N) is 1. The summed E-state index contributed by atoms with van der Waals surface area (Å²) < 4.78 is 61.1. The van der Waals surface area contributed by atoms with E-state index in [9.17, 15) is 13.2 Å². The van der Waals surface area contributed by atoms with Crippen LogP contribution in [-0.4, -0.2) is 62.8 Å². The fourth-order valence-electron chi connectivity index (χ4n) is 4.56. The van der Waals surface area contributed by atoms with Crippen molar-refractivity contribution in [1.29, 1.82) is 0 Å². The number of carbonyl (C=O) groups excluding carboxylic acids is 1. The third-order valence-electron chi connectivity index (χ3n) is 6.48. The van der Waals surface area contributed by atoms with Crippen molar-refractivity contribution in [3.63, 3.8) is 0 Å². The van der Waals surface area contributed by atoms with Crippen molar-refractivity contribution in [2.75, 3.05) is 27.4 Å². The monoisotopic (exact) mass is 589 g/mol. The molecule has 11 heteroatoms. The summed E-state index contributed by atoms with van der Waals surface area (Å²) in [7, 11) is -1.71. The van der Waals surface area contributed by atoms with E-state index in [4.69, 9.17) is 19.3 Å². The van der Waals surface area contributed by atoms with Gasteiger partial charge in [0.25, 0.3) is 0 Å². The Labute approximate surface area is 237 Å². The summed E-state index contributed by atoms with van der Waals surface area (Å²) in [5.41, 5.74) is 2.44. The largest absolute Gasteiger partial charge is 0.491 e. The number of aliphatic hydroxyl groups excluding tert-OH is 1. The van der Waals surface area contributed by atoms with E-state index in [-0.39, 0.29) is 48.4 Å². The lowest BCUT2D eigenvalue weighted by molar-refractivity contribution is -0.160. The van der Waals surface area contributed by atoms with Gasteiger partial charge in [-0.1, -0.05) is 13.0 Å². The molecule has 1 aliphatic rings. The second kappa shape index (κ2) is 13.9. The van der Waals surface area contributed by atoms with Crippen LogP contribution < -0.4 is 4.74 Å². The minimum atomic E-state index is -4.24. The summed E-state index contributed by atoms with van der Waals surface area (Å²) in [6.07, 6.45) is 0. The minimum absolute atomic E-state index is 0. The molecule has 0 fully saturated rings. The Bertz CT molecular complexity index is 1260. The molecular formula is C28H41ClFNO7S. The van der Waals surface area contributed by atoms with Crippen molar-refractivity contribution in [2.24, 2.45) is 0 Å². The van der Waals surface area contributed by atoms with E-state index >= 15 is 4.39 Å². The maximum Gasteiger partial charge on any atom is 0.325 e. The number of aryl methyl sites for hydroxylation is 2. The van der Waals surface area contributed by atoms with Crippen LogP contribution in [0.3, 0.4) is 0 Å². The highest BCUT2D eigenvalue weighted by molar-refractivity contribution is 7.89. The van der Waals surface area contributed by atoms with E-state index in [2.05, 4.69) is 0 Å². The molecule has 0 spiro atoms. The molecule has 0 aromatic heterocycles. The zero-order valence-corrected chi connectivity index (χ0v) is 25.8. The Hall–Kier alpha value is -2.24. The van der Waals surface area contributed by atoms with E-state index in [0.717, 1.165) is 22.5 Å². The van der Waals surface area contributed by atoms with Crippen LogP contribution in [0.15, 0.2) is 29.2 Å². The molecule has 1 aliphatic heterocycles. The third kappa shape index (κ3) is 7.70. The van der Waals surface area contributed by atoms with E-state index in [1.807, 2.05) is 13.8 Å². The lowest BCUT2D eigenvalue weighted by Crippen LogP contribution is -2.50. The zero-order valence-electron chi connectivity index (χ0n) is 24.1. The van der Waals surface area contributed by atoms with Gasteiger partial charge < -0.3 is 19.3 Å². The zero-order chi connectivity index (χ0) is 29.0. The Kier molecular flexibility index (Phi) is 12.4. The Morgan fingerprint density at radius 3 is 2.33 bits per heavy atom. The van der Waals surface area contributed by atoms with Crippen LogP contribution in [0, 0.1) is 26.6 Å². The van der Waals surface area contributed by atoms with Gasteiger partial charge in [-0.15, -0.1) is 12.4 Å². The SMILES string of the molecule is CO.COCc1cc2c(cc1C)OCCN([C@H](C(=O)OC(C)(C)C)C(C)c1c(F)ccc(C)c1C)S2(=O)=O.Cl. The number of hydrogen-bond acceptors (Lipinski definition) is 7. The molecule has 2 aromatic rings. The molecule has 1 N–H and O–H groups in total. The first-order valence-electron chi connectivity index (χ1n) is 12.4. The van der Waals surface area contributed by atoms with Gasteiger partial charge in [0, 0.05) is 26.7 Å². The molecule has 3 rings (SSSR count). The van der Waals surface area contributed by atoms with Crippen molar-refractivity contribution in [3.05, 3.63) is 57.9 Å². The van der Waals surface area contributed by atoms with Gasteiger partial charge in [-0.25, -0.2) is 12.8 Å². The fourth-order valence-corrected chi connectivity index (χ4v) is 6.36. The van der Waals surface area contributed by atoms with Crippen molar-refractivity contribution in [3.8, 4) is 5.75 Å². The standard InChI is InChI=1S/C27H36FNO6S.CH4O.ClH/c1-16-9-10-21(28)24(18(16)3)19(4)25(26(30)35-27(5,6)7)29-11-12-34-22-13-17(2)20(15-33-8)14-23(22)36(29,31)32;1-2;/h9-10,13-14,19,25H,11-12,15H2,1-8H3;2H,1H3;1H/t19?,25-;;/m0../s1. The second-order valence-electron chi connectivity index (χ2n) is 10.3. The van der Waals surface area contributed by atoms with E-state index in [1.54, 1.807) is 46.8 Å². The number of methoxy groups -OCH3 is 1. The van der Waals surface area contributed by atoms with Crippen molar-refractivity contribution in [2.45, 2.75) is 77.5 Å². The number of aliphatic hydroxyl groups is 1. The molecule has 2 aromatic carbocycles. The van der Waals surface area contributed by atoms with E-state index < -0.39 is 39.4 Å². The average molecular weight is 590 g/mol. The molecule has 2 atom stereocenters. The van der Waals surface area contributed by atoms with E-state index in [0.29, 0.717) is 11.1 Å². The molecule has 0 saturated carbocycles. The van der Waals surface area contributed by atoms with Gasteiger partial charge in [-0.2, -0.15) is 4.31 Å². The Morgan fingerprint density at radius 1 is 1.15 bits per heavy atom. The molecule has 0 radical (unpaired) electrons. The maximum atomic E-state index is 15.1. The molecule has 0 amide bonds. The number of fused-ring (bicyclic) bond motifs is 1. The van der Waals surface area contributed by atoms with Crippen molar-refractivity contribution >= 4 is 28.4 Å². The molecule has 0 bridgehead atoms. The highest BCUT2D eigenvalue weighted by atomic mass is 35.5. The molecule has 1 unspecified atom stereocenters. The quantitative estimate of drug-likeness (QED) is 0.482. The molecule has 0 saturated heterocycles. The van der Waals surface area contributed by atoms with Gasteiger partial charge in [-0.05, 0) is 87.6 Å². The second-order valence-corrected chi connectivity index (χ2v) is 12.2. The topological polar surface area (TPSA) is 102 Å². The maximum absolute atomic E-state index is 15.1. The smallest absolute Gasteiger partial charge is 0.325 e. The van der Waals surface area contributed by atoms with Gasteiger partial charge >= 0.3 is 5.97 Å². The number of halogens is 2. The van der Waals surface area contributed by atoms with Crippen LogP contribution in [0.25, 0.3) is 0 Å².